The van der Waals surface area contributed by atoms with E-state index < -0.39 is 29.7 Å². The number of alkyl halides is 3. The molecule has 2 rings (SSSR count). The Morgan fingerprint density at radius 2 is 1.52 bits per heavy atom. The van der Waals surface area contributed by atoms with Gasteiger partial charge in [0.1, 0.15) is 0 Å². The van der Waals surface area contributed by atoms with E-state index in [0.717, 1.165) is 17.7 Å². The highest BCUT2D eigenvalue weighted by Crippen LogP contribution is 2.30. The molecule has 3 nitrogen and oxygen atoms in total. The molecular weight excluding hydrogens is 329 g/mol. The second-order valence-corrected chi connectivity index (χ2v) is 6.08. The van der Waals surface area contributed by atoms with Crippen LogP contribution in [0.3, 0.4) is 0 Å². The maximum absolute atomic E-state index is 12.6. The average Bonchev–Trinajstić information content (AvgIpc) is 2.60. The largest absolute Gasteiger partial charge is 0.416 e. The van der Waals surface area contributed by atoms with Crippen molar-refractivity contribution in [1.82, 2.24) is 5.32 Å². The van der Waals surface area contributed by atoms with Crippen molar-refractivity contribution >= 4 is 5.91 Å². The van der Waals surface area contributed by atoms with E-state index in [-0.39, 0.29) is 5.91 Å². The summed E-state index contributed by atoms with van der Waals surface area (Å²) in [5, 5.41) is 2.80. The van der Waals surface area contributed by atoms with Gasteiger partial charge in [-0.3, -0.25) is 4.79 Å². The smallest absolute Gasteiger partial charge is 0.349 e. The van der Waals surface area contributed by atoms with Crippen molar-refractivity contribution in [3.05, 3.63) is 71.3 Å². The molecule has 2 aromatic rings. The molecule has 25 heavy (non-hydrogen) atoms. The Hall–Kier alpha value is -2.34. The van der Waals surface area contributed by atoms with Gasteiger partial charge in [-0.2, -0.15) is 13.2 Å². The van der Waals surface area contributed by atoms with E-state index in [9.17, 15) is 18.0 Å². The molecule has 0 aliphatic carbocycles. The molecule has 0 aliphatic heterocycles. The molecule has 134 valence electrons. The molecule has 3 unspecified atom stereocenters. The van der Waals surface area contributed by atoms with Gasteiger partial charge in [0.2, 0.25) is 5.91 Å². The highest BCUT2D eigenvalue weighted by Gasteiger charge is 2.30. The Morgan fingerprint density at radius 3 is 2.04 bits per heavy atom. The minimum absolute atomic E-state index is 0.247. The monoisotopic (exact) mass is 350 g/mol. The van der Waals surface area contributed by atoms with Gasteiger partial charge in [-0.25, -0.2) is 0 Å². The maximum atomic E-state index is 12.6. The van der Waals surface area contributed by atoms with E-state index in [1.165, 1.54) is 12.1 Å². The number of amides is 1. The molecule has 0 saturated heterocycles. The molecule has 0 aliphatic rings. The van der Waals surface area contributed by atoms with Crippen LogP contribution in [0.5, 0.6) is 0 Å². The Labute approximate surface area is 145 Å². The summed E-state index contributed by atoms with van der Waals surface area (Å²) in [4.78, 5) is 12.4. The molecule has 0 heterocycles. The number of benzene rings is 2. The molecule has 3 atom stereocenters. The second-order valence-electron chi connectivity index (χ2n) is 6.08. The number of hydrogen-bond donors (Lipinski definition) is 2. The van der Waals surface area contributed by atoms with Crippen LogP contribution in [0.15, 0.2) is 54.6 Å². The summed E-state index contributed by atoms with van der Waals surface area (Å²) < 4.78 is 37.8. The number of hydrogen-bond acceptors (Lipinski definition) is 2. The standard InChI is InChI=1S/C19H21F3N2O/c1-12(17(23)15-6-4-3-5-7-15)18(25)24-13(2)14-8-10-16(11-9-14)19(20,21)22/h3-13,17H,23H2,1-2H3,(H,24,25). The Kier molecular flexibility index (Phi) is 5.85. The van der Waals surface area contributed by atoms with E-state index in [0.29, 0.717) is 5.56 Å². The van der Waals surface area contributed by atoms with E-state index >= 15 is 0 Å². The normalized spacial score (nSPS) is 15.3. The van der Waals surface area contributed by atoms with Crippen molar-refractivity contribution < 1.29 is 18.0 Å². The zero-order chi connectivity index (χ0) is 18.6. The molecule has 6 heteroatoms. The van der Waals surface area contributed by atoms with Crippen molar-refractivity contribution in [2.45, 2.75) is 32.1 Å². The first-order chi connectivity index (χ1) is 11.7. The van der Waals surface area contributed by atoms with Crippen molar-refractivity contribution in [2.75, 3.05) is 0 Å². The molecule has 0 spiro atoms. The van der Waals surface area contributed by atoms with Gasteiger partial charge in [-0.15, -0.1) is 0 Å². The molecule has 0 fully saturated rings. The van der Waals surface area contributed by atoms with E-state index in [1.807, 2.05) is 30.3 Å². The van der Waals surface area contributed by atoms with Gasteiger partial charge in [0.15, 0.2) is 0 Å². The Bertz CT molecular complexity index is 699. The highest BCUT2D eigenvalue weighted by molar-refractivity contribution is 5.79. The van der Waals surface area contributed by atoms with Crippen LogP contribution < -0.4 is 11.1 Å². The number of nitrogens with two attached hydrogens (primary N) is 1. The van der Waals surface area contributed by atoms with E-state index in [1.54, 1.807) is 13.8 Å². The van der Waals surface area contributed by atoms with Gasteiger partial charge in [0.05, 0.1) is 17.5 Å². The summed E-state index contributed by atoms with van der Waals surface area (Å²) >= 11 is 0. The summed E-state index contributed by atoms with van der Waals surface area (Å²) in [7, 11) is 0. The fraction of sp³-hybridized carbons (Fsp3) is 0.316. The highest BCUT2D eigenvalue weighted by atomic mass is 19.4. The fourth-order valence-corrected chi connectivity index (χ4v) is 2.52. The summed E-state index contributed by atoms with van der Waals surface area (Å²) in [6, 6.07) is 13.2. The van der Waals surface area contributed by atoms with Gasteiger partial charge in [0.25, 0.3) is 0 Å². The SMILES string of the molecule is CC(NC(=O)C(C)C(N)c1ccccc1)c1ccc(C(F)(F)F)cc1. The van der Waals surface area contributed by atoms with Crippen molar-refractivity contribution in [3.63, 3.8) is 0 Å². The van der Waals surface area contributed by atoms with Crippen LogP contribution >= 0.6 is 0 Å². The van der Waals surface area contributed by atoms with Gasteiger partial charge >= 0.3 is 6.18 Å². The lowest BCUT2D eigenvalue weighted by molar-refractivity contribution is -0.137. The van der Waals surface area contributed by atoms with Crippen LogP contribution in [0, 0.1) is 5.92 Å². The van der Waals surface area contributed by atoms with Crippen LogP contribution in [-0.4, -0.2) is 5.91 Å². The summed E-state index contributed by atoms with van der Waals surface area (Å²) in [5.74, 6) is -0.719. The summed E-state index contributed by atoms with van der Waals surface area (Å²) in [6.45, 7) is 3.45. The number of rotatable bonds is 5. The number of carbonyl (C=O) groups excluding carboxylic acids is 1. The molecule has 3 N–H and O–H groups in total. The van der Waals surface area contributed by atoms with Crippen molar-refractivity contribution in [2.24, 2.45) is 11.7 Å². The van der Waals surface area contributed by atoms with E-state index in [4.69, 9.17) is 5.73 Å². The topological polar surface area (TPSA) is 55.1 Å². The van der Waals surface area contributed by atoms with Crippen LogP contribution in [0.2, 0.25) is 0 Å². The molecule has 1 amide bonds. The minimum Gasteiger partial charge on any atom is -0.349 e. The molecule has 2 aromatic carbocycles. The van der Waals surface area contributed by atoms with Crippen LogP contribution in [-0.2, 0) is 11.0 Å². The minimum atomic E-state index is -4.37. The lowest BCUT2D eigenvalue weighted by Gasteiger charge is -2.23. The number of halogens is 3. The van der Waals surface area contributed by atoms with E-state index in [2.05, 4.69) is 5.32 Å². The fourth-order valence-electron chi connectivity index (χ4n) is 2.52. The molecule has 0 saturated carbocycles. The van der Waals surface area contributed by atoms with Gasteiger partial charge in [-0.05, 0) is 30.2 Å². The lowest BCUT2D eigenvalue weighted by atomic mass is 9.94. The molecule has 0 bridgehead atoms. The zero-order valence-electron chi connectivity index (χ0n) is 14.0. The first-order valence-electron chi connectivity index (χ1n) is 7.98. The summed E-state index contributed by atoms with van der Waals surface area (Å²) in [6.07, 6.45) is -4.37. The quantitative estimate of drug-likeness (QED) is 0.848. The van der Waals surface area contributed by atoms with Gasteiger partial charge in [0, 0.05) is 6.04 Å². The lowest BCUT2D eigenvalue weighted by Crippen LogP contribution is -2.36. The van der Waals surface area contributed by atoms with Gasteiger partial charge < -0.3 is 11.1 Å². The average molecular weight is 350 g/mol. The zero-order valence-corrected chi connectivity index (χ0v) is 14.0. The third-order valence-electron chi connectivity index (χ3n) is 4.23. The van der Waals surface area contributed by atoms with Crippen molar-refractivity contribution in [1.29, 1.82) is 0 Å². The maximum Gasteiger partial charge on any atom is 0.416 e. The molecular formula is C19H21F3N2O. The van der Waals surface area contributed by atoms with Crippen molar-refractivity contribution in [3.8, 4) is 0 Å². The first-order valence-corrected chi connectivity index (χ1v) is 7.98. The van der Waals surface area contributed by atoms with Gasteiger partial charge in [-0.1, -0.05) is 49.4 Å². The number of carbonyl (C=O) groups is 1. The predicted octanol–water partition coefficient (Wildman–Crippen LogP) is 4.22. The molecule has 0 aromatic heterocycles. The Balaban J connectivity index is 2.02. The van der Waals surface area contributed by atoms with Crippen LogP contribution in [0.4, 0.5) is 13.2 Å². The Morgan fingerprint density at radius 1 is 0.960 bits per heavy atom. The third-order valence-corrected chi connectivity index (χ3v) is 4.23. The van der Waals surface area contributed by atoms with Crippen LogP contribution in [0.1, 0.15) is 42.6 Å². The number of nitrogens with one attached hydrogen (secondary N) is 1. The van der Waals surface area contributed by atoms with Crippen LogP contribution in [0.25, 0.3) is 0 Å². The second kappa shape index (κ2) is 7.70. The summed E-state index contributed by atoms with van der Waals surface area (Å²) in [5.41, 5.74) is 6.87. The molecule has 0 radical (unpaired) electrons. The predicted molar refractivity (Wildman–Crippen MR) is 90.5 cm³/mol. The first kappa shape index (κ1) is 19.0. The third kappa shape index (κ3) is 4.82.